The summed E-state index contributed by atoms with van der Waals surface area (Å²) in [6, 6.07) is 53.4. The van der Waals surface area contributed by atoms with Crippen molar-refractivity contribution in [1.29, 1.82) is 0 Å². The summed E-state index contributed by atoms with van der Waals surface area (Å²) >= 11 is 6.38. The number of fused-ring (bicyclic) bond motifs is 8. The predicted molar refractivity (Wildman–Crippen MR) is 477 cm³/mol. The van der Waals surface area contributed by atoms with E-state index in [1.165, 1.54) is 57.2 Å². The summed E-state index contributed by atoms with van der Waals surface area (Å²) in [4.78, 5) is 119. The van der Waals surface area contributed by atoms with Crippen LogP contribution in [0.4, 0.5) is 36.4 Å². The van der Waals surface area contributed by atoms with Gasteiger partial charge in [0, 0.05) is 24.8 Å². The fourth-order valence-electron chi connectivity index (χ4n) is 15.1. The maximum atomic E-state index is 14.6. The summed E-state index contributed by atoms with van der Waals surface area (Å²) in [6.45, 7) is 15.7. The third-order valence-corrected chi connectivity index (χ3v) is 21.3. The SMILES string of the molecule is Cc1cccc(-n2c(CNc3ncnc4[nH]ccc34)nc3cccc(F)c3c2=O)c1.Cc1cccc(-n2c([C@H](C)Nc3ncnc4[nH]cc(C)c34)nc3cccc(F)c3c2=O)c1.Cc1cccc(-n2c([C@H](C)Nc3ncnc4[nH]ccc34)nc3cccc(Cl)c3c2=O)c1.Cc1cccc(-n2c([C@H](C)Nc3ncnc4[nH]ccc34)nc3cccc(F)c3c2=O)c1. The van der Waals surface area contributed by atoms with Gasteiger partial charge in [0.25, 0.3) is 22.2 Å². The molecule has 32 heteroatoms. The Hall–Kier alpha value is -15.9. The van der Waals surface area contributed by atoms with E-state index in [1.807, 2.05) is 177 Å². The number of anilines is 4. The molecule has 0 saturated carbocycles. The molecule has 0 unspecified atom stereocenters. The fourth-order valence-corrected chi connectivity index (χ4v) is 15.4. The minimum absolute atomic E-state index is 0.0298. The number of benzene rings is 8. The van der Waals surface area contributed by atoms with Crippen molar-refractivity contribution < 1.29 is 13.2 Å². The van der Waals surface area contributed by atoms with E-state index in [-0.39, 0.29) is 34.3 Å². The highest BCUT2D eigenvalue weighted by Crippen LogP contribution is 2.33. The number of hydrogen-bond acceptors (Lipinski definition) is 20. The topological polar surface area (TPSA) is 354 Å². The Bertz CT molecular complexity index is 7570. The second-order valence-corrected chi connectivity index (χ2v) is 30.1. The molecule has 0 saturated heterocycles. The van der Waals surface area contributed by atoms with Crippen LogP contribution in [0.1, 0.15) is 90.0 Å². The summed E-state index contributed by atoms with van der Waals surface area (Å²) in [5.74, 6) is 2.68. The van der Waals surface area contributed by atoms with Gasteiger partial charge in [-0.1, -0.05) is 84.4 Å². The first-order chi connectivity index (χ1) is 60.1. The summed E-state index contributed by atoms with van der Waals surface area (Å²) in [7, 11) is 0. The molecule has 124 heavy (non-hydrogen) atoms. The summed E-state index contributed by atoms with van der Waals surface area (Å²) in [5.41, 5.74) is 10.4. The van der Waals surface area contributed by atoms with Crippen LogP contribution in [0.15, 0.2) is 257 Å². The minimum atomic E-state index is -0.589. The van der Waals surface area contributed by atoms with Crippen LogP contribution in [0.25, 0.3) is 110 Å². The van der Waals surface area contributed by atoms with E-state index in [0.29, 0.717) is 107 Å². The van der Waals surface area contributed by atoms with Gasteiger partial charge in [-0.2, -0.15) is 0 Å². The molecule has 8 N–H and O–H groups in total. The lowest BCUT2D eigenvalue weighted by molar-refractivity contribution is 0.634. The number of aromatic nitrogens is 20. The van der Waals surface area contributed by atoms with Crippen LogP contribution in [0.3, 0.4) is 0 Å². The van der Waals surface area contributed by atoms with Gasteiger partial charge in [-0.25, -0.2) is 73.0 Å². The van der Waals surface area contributed by atoms with Crippen molar-refractivity contribution >= 4 is 123 Å². The molecule has 12 aromatic heterocycles. The van der Waals surface area contributed by atoms with Crippen LogP contribution < -0.4 is 43.5 Å². The fraction of sp³-hybridized carbons (Fsp3) is 0.130. The third kappa shape index (κ3) is 15.8. The van der Waals surface area contributed by atoms with Crippen molar-refractivity contribution in [1.82, 2.24) is 98.0 Å². The van der Waals surface area contributed by atoms with Crippen LogP contribution in [0, 0.1) is 52.1 Å². The second-order valence-electron chi connectivity index (χ2n) is 29.6. The zero-order valence-corrected chi connectivity index (χ0v) is 68.5. The van der Waals surface area contributed by atoms with Gasteiger partial charge in [-0.15, -0.1) is 0 Å². The Morgan fingerprint density at radius 1 is 0.355 bits per heavy atom. The summed E-state index contributed by atoms with van der Waals surface area (Å²) in [6.07, 6.45) is 13.1. The quantitative estimate of drug-likeness (QED) is 0.0445. The zero-order chi connectivity index (χ0) is 86.1. The lowest BCUT2D eigenvalue weighted by atomic mass is 10.1. The Labute approximate surface area is 707 Å². The Balaban J connectivity index is 0.000000117. The van der Waals surface area contributed by atoms with Crippen LogP contribution in [0.5, 0.6) is 0 Å². The molecule has 20 rings (SSSR count). The van der Waals surface area contributed by atoms with Gasteiger partial charge in [-0.3, -0.25) is 37.4 Å². The van der Waals surface area contributed by atoms with E-state index in [9.17, 15) is 32.3 Å². The van der Waals surface area contributed by atoms with Gasteiger partial charge in [0.05, 0.1) is 101 Å². The lowest BCUT2D eigenvalue weighted by Crippen LogP contribution is -2.28. The molecule has 0 radical (unpaired) electrons. The number of nitrogens with zero attached hydrogens (tertiary/aromatic N) is 16. The van der Waals surface area contributed by atoms with Gasteiger partial charge < -0.3 is 41.2 Å². The minimum Gasteiger partial charge on any atom is -0.362 e. The molecular formula is C92H76ClF3N24O4. The van der Waals surface area contributed by atoms with Gasteiger partial charge in [0.1, 0.15) is 128 Å². The van der Waals surface area contributed by atoms with Crippen molar-refractivity contribution in [3.05, 3.63) is 353 Å². The zero-order valence-electron chi connectivity index (χ0n) is 67.8. The van der Waals surface area contributed by atoms with Crippen molar-refractivity contribution in [2.75, 3.05) is 21.3 Å². The first-order valence-electron chi connectivity index (χ1n) is 39.4. The molecule has 0 bridgehead atoms. The Morgan fingerprint density at radius 3 is 1.10 bits per heavy atom. The Morgan fingerprint density at radius 2 is 0.685 bits per heavy atom. The van der Waals surface area contributed by atoms with E-state index in [0.717, 1.165) is 66.3 Å². The number of aryl methyl sites for hydroxylation is 5. The summed E-state index contributed by atoms with van der Waals surface area (Å²) in [5, 5.41) is 17.4. The number of aromatic amines is 4. The van der Waals surface area contributed by atoms with Crippen molar-refractivity contribution in [3.8, 4) is 22.7 Å². The number of hydrogen-bond donors (Lipinski definition) is 8. The predicted octanol–water partition coefficient (Wildman–Crippen LogP) is 17.4. The largest absolute Gasteiger partial charge is 0.362 e. The Kier molecular flexibility index (Phi) is 22.1. The number of nitrogens with one attached hydrogen (secondary N) is 8. The number of halogens is 4. The molecule has 20 aromatic rings. The lowest BCUT2D eigenvalue weighted by Gasteiger charge is -2.20. The van der Waals surface area contributed by atoms with E-state index in [1.54, 1.807) is 77.6 Å². The second kappa shape index (κ2) is 34.1. The monoisotopic (exact) mass is 1670 g/mol. The molecule has 616 valence electrons. The maximum Gasteiger partial charge on any atom is 0.269 e. The smallest absolute Gasteiger partial charge is 0.269 e. The van der Waals surface area contributed by atoms with Gasteiger partial charge in [-0.05, 0) is 198 Å². The molecule has 8 aromatic carbocycles. The van der Waals surface area contributed by atoms with E-state index in [4.69, 9.17) is 21.6 Å². The average Bonchev–Trinajstić information content (AvgIpc) is 1.17. The van der Waals surface area contributed by atoms with E-state index in [2.05, 4.69) is 91.0 Å². The summed E-state index contributed by atoms with van der Waals surface area (Å²) < 4.78 is 49.6. The van der Waals surface area contributed by atoms with Crippen LogP contribution >= 0.6 is 11.6 Å². The molecular weight excluding hydrogens is 1600 g/mol. The van der Waals surface area contributed by atoms with Crippen molar-refractivity contribution in [3.63, 3.8) is 0 Å². The molecule has 0 aliphatic heterocycles. The molecule has 0 fully saturated rings. The van der Waals surface area contributed by atoms with Gasteiger partial charge in [0.15, 0.2) is 0 Å². The van der Waals surface area contributed by atoms with Crippen molar-refractivity contribution in [2.45, 2.75) is 80.1 Å². The normalized spacial score (nSPS) is 12.1. The molecule has 0 amide bonds. The molecule has 12 heterocycles. The maximum absolute atomic E-state index is 14.6. The molecule has 28 nitrogen and oxygen atoms in total. The van der Waals surface area contributed by atoms with Gasteiger partial charge >= 0.3 is 0 Å². The molecule has 0 aliphatic rings. The number of H-pyrrole nitrogens is 4. The highest BCUT2D eigenvalue weighted by Gasteiger charge is 2.27. The third-order valence-electron chi connectivity index (χ3n) is 20.9. The highest BCUT2D eigenvalue weighted by atomic mass is 35.5. The van der Waals surface area contributed by atoms with E-state index < -0.39 is 46.2 Å². The van der Waals surface area contributed by atoms with Gasteiger partial charge in [0.2, 0.25) is 0 Å². The van der Waals surface area contributed by atoms with Crippen LogP contribution in [-0.2, 0) is 6.54 Å². The molecule has 0 aliphatic carbocycles. The highest BCUT2D eigenvalue weighted by molar-refractivity contribution is 6.35. The first kappa shape index (κ1) is 80.5. The van der Waals surface area contributed by atoms with E-state index >= 15 is 0 Å². The number of rotatable bonds is 16. The van der Waals surface area contributed by atoms with Crippen molar-refractivity contribution in [2.24, 2.45) is 0 Å². The van der Waals surface area contributed by atoms with Crippen LogP contribution in [-0.4, -0.2) is 98.0 Å². The molecule has 3 atom stereocenters. The first-order valence-corrected chi connectivity index (χ1v) is 39.8. The average molecular weight is 1670 g/mol. The van der Waals surface area contributed by atoms with Crippen LogP contribution in [0.2, 0.25) is 5.02 Å². The molecule has 0 spiro atoms. The standard InChI is InChI=1S/C24H21FN6O.C23H19ClN6O.C23H19FN6O.C22H17FN6O/c1-13-6-4-7-16(10-13)31-23(30-18-9-5-8-17(25)20(18)24(31)32)15(3)29-22-19-14(2)11-26-21(19)27-12-28-22;2*1-13-5-3-6-15(11-13)30-22(29-18-8-4-7-17(24)19(18)23(30)31)14(2)28-21-16-9-10-25-20(16)26-12-27-21;1-13-4-2-5-14(10-13)29-18(28-17-7-3-6-16(23)19(17)22(29)30)11-25-21-15-8-9-24-20(15)26-12-27-21/h4-12,15H,1-3H3,(H2,26,27,28,29);2*3-12,14H,1-2H3,(H2,25,26,27,28);2-10,12H,11H2,1H3,(H2,24,25,26,27)/t15-;2*14-;/m000./s1.